The van der Waals surface area contributed by atoms with Gasteiger partial charge in [-0.3, -0.25) is 9.59 Å². The highest BCUT2D eigenvalue weighted by molar-refractivity contribution is 5.83. The lowest BCUT2D eigenvalue weighted by molar-refractivity contribution is -0.152. The van der Waals surface area contributed by atoms with Crippen LogP contribution in [0.2, 0.25) is 0 Å². The fraction of sp³-hybridized carbons (Fsp3) is 0.556. The number of fused-ring (bicyclic) bond motifs is 2. The highest BCUT2D eigenvalue weighted by Crippen LogP contribution is 2.51. The van der Waals surface area contributed by atoms with Gasteiger partial charge in [-0.2, -0.15) is 0 Å². The Hall–Kier alpha value is -2.04. The number of para-hydroxylation sites is 1. The summed E-state index contributed by atoms with van der Waals surface area (Å²) in [5.41, 5.74) is 0.208. The number of amides is 1. The Morgan fingerprint density at radius 2 is 2.09 bits per heavy atom. The van der Waals surface area contributed by atoms with Crippen LogP contribution >= 0.6 is 0 Å². The monoisotopic (exact) mass is 317 g/mol. The number of carbonyl (C=O) groups is 2. The van der Waals surface area contributed by atoms with Crippen LogP contribution in [0.1, 0.15) is 38.2 Å². The van der Waals surface area contributed by atoms with Crippen molar-refractivity contribution in [1.29, 1.82) is 0 Å². The summed E-state index contributed by atoms with van der Waals surface area (Å²) in [6.45, 7) is 3.81. The molecule has 23 heavy (non-hydrogen) atoms. The summed E-state index contributed by atoms with van der Waals surface area (Å²) < 4.78 is 5.66. The summed E-state index contributed by atoms with van der Waals surface area (Å²) in [5, 5.41) is 9.66. The van der Waals surface area contributed by atoms with E-state index in [-0.39, 0.29) is 24.6 Å². The van der Waals surface area contributed by atoms with Crippen molar-refractivity contribution < 1.29 is 19.4 Å². The maximum atomic E-state index is 12.6. The molecule has 2 saturated heterocycles. The average molecular weight is 317 g/mol. The molecule has 2 bridgehead atoms. The molecule has 3 atom stereocenters. The maximum absolute atomic E-state index is 12.6. The lowest BCUT2D eigenvalue weighted by Crippen LogP contribution is -2.46. The van der Waals surface area contributed by atoms with Crippen molar-refractivity contribution in [2.24, 2.45) is 5.41 Å². The number of hydrogen-bond donors (Lipinski definition) is 1. The molecule has 2 aliphatic heterocycles. The number of carboxylic acid groups (broad SMARTS) is 1. The molecule has 1 amide bonds. The molecule has 2 heterocycles. The van der Waals surface area contributed by atoms with E-state index in [1.807, 2.05) is 38.1 Å². The number of aryl methyl sites for hydroxylation is 1. The van der Waals surface area contributed by atoms with Crippen molar-refractivity contribution in [3.05, 3.63) is 29.8 Å². The molecule has 5 heteroatoms. The van der Waals surface area contributed by atoms with Crippen LogP contribution in [0.15, 0.2) is 24.3 Å². The first-order chi connectivity index (χ1) is 11.0. The summed E-state index contributed by atoms with van der Waals surface area (Å²) in [7, 11) is 0. The first-order valence-corrected chi connectivity index (χ1v) is 8.22. The molecule has 5 nitrogen and oxygen atoms in total. The van der Waals surface area contributed by atoms with Crippen LogP contribution in [-0.2, 0) is 9.59 Å². The molecule has 124 valence electrons. The van der Waals surface area contributed by atoms with Crippen molar-refractivity contribution in [2.75, 3.05) is 6.61 Å². The molecule has 2 fully saturated rings. The Balaban J connectivity index is 1.71. The second-order valence-electron chi connectivity index (χ2n) is 6.62. The van der Waals surface area contributed by atoms with Crippen molar-refractivity contribution in [3.63, 3.8) is 0 Å². The number of rotatable bonds is 5. The zero-order valence-corrected chi connectivity index (χ0v) is 13.6. The first kappa shape index (κ1) is 15.8. The van der Waals surface area contributed by atoms with Crippen LogP contribution in [0.4, 0.5) is 0 Å². The molecular formula is C18H23NO4. The lowest BCUT2D eigenvalue weighted by Gasteiger charge is -2.32. The Bertz CT molecular complexity index is 629. The lowest BCUT2D eigenvalue weighted by atomic mass is 9.72. The standard InChI is InChI=1S/C18H23NO4/c1-3-18(17(21)22)10-13-8-9-15(18)19(13)16(20)11-23-14-7-5-4-6-12(14)2/h4-7,13,15H,3,8-11H2,1-2H3,(H,21,22)/t13-,15+,18+/m0/s1. The smallest absolute Gasteiger partial charge is 0.311 e. The third kappa shape index (κ3) is 2.48. The van der Waals surface area contributed by atoms with Crippen LogP contribution in [-0.4, -0.2) is 40.6 Å². The largest absolute Gasteiger partial charge is 0.484 e. The van der Waals surface area contributed by atoms with E-state index < -0.39 is 11.4 Å². The minimum Gasteiger partial charge on any atom is -0.484 e. The average Bonchev–Trinajstić information content (AvgIpc) is 3.10. The van der Waals surface area contributed by atoms with E-state index in [1.165, 1.54) is 0 Å². The van der Waals surface area contributed by atoms with Gasteiger partial charge < -0.3 is 14.7 Å². The van der Waals surface area contributed by atoms with Gasteiger partial charge in [-0.15, -0.1) is 0 Å². The fourth-order valence-electron chi connectivity index (χ4n) is 4.25. The van der Waals surface area contributed by atoms with Crippen molar-refractivity contribution in [3.8, 4) is 5.75 Å². The van der Waals surface area contributed by atoms with Gasteiger partial charge in [0.2, 0.25) is 0 Å². The van der Waals surface area contributed by atoms with Gasteiger partial charge in [0.15, 0.2) is 6.61 Å². The highest BCUT2D eigenvalue weighted by atomic mass is 16.5. The van der Waals surface area contributed by atoms with Gasteiger partial charge in [0.25, 0.3) is 5.91 Å². The summed E-state index contributed by atoms with van der Waals surface area (Å²) in [6, 6.07) is 7.43. The molecule has 0 aromatic heterocycles. The minimum absolute atomic E-state index is 0.0305. The second-order valence-corrected chi connectivity index (χ2v) is 6.62. The predicted molar refractivity (Wildman–Crippen MR) is 85.3 cm³/mol. The van der Waals surface area contributed by atoms with E-state index >= 15 is 0 Å². The molecule has 1 N–H and O–H groups in total. The van der Waals surface area contributed by atoms with E-state index in [4.69, 9.17) is 4.74 Å². The molecule has 1 aromatic carbocycles. The summed E-state index contributed by atoms with van der Waals surface area (Å²) in [5.74, 6) is -0.172. The third-order valence-corrected chi connectivity index (χ3v) is 5.53. The van der Waals surface area contributed by atoms with Crippen molar-refractivity contribution >= 4 is 11.9 Å². The highest BCUT2D eigenvalue weighted by Gasteiger charge is 2.60. The van der Waals surface area contributed by atoms with Gasteiger partial charge in [-0.1, -0.05) is 25.1 Å². The summed E-state index contributed by atoms with van der Waals surface area (Å²) >= 11 is 0. The Morgan fingerprint density at radius 3 is 2.70 bits per heavy atom. The van der Waals surface area contributed by atoms with Gasteiger partial charge in [0.1, 0.15) is 5.75 Å². The number of carbonyl (C=O) groups excluding carboxylic acids is 1. The number of benzene rings is 1. The third-order valence-electron chi connectivity index (χ3n) is 5.53. The van der Waals surface area contributed by atoms with Crippen LogP contribution in [0.3, 0.4) is 0 Å². The van der Waals surface area contributed by atoms with Crippen LogP contribution in [0.25, 0.3) is 0 Å². The molecule has 0 aliphatic carbocycles. The first-order valence-electron chi connectivity index (χ1n) is 8.22. The molecule has 0 spiro atoms. The van der Waals surface area contributed by atoms with Gasteiger partial charge >= 0.3 is 5.97 Å². The predicted octanol–water partition coefficient (Wildman–Crippen LogP) is 2.62. The van der Waals surface area contributed by atoms with Crippen molar-refractivity contribution in [2.45, 2.75) is 51.6 Å². The van der Waals surface area contributed by atoms with Gasteiger partial charge in [0.05, 0.1) is 5.41 Å². The number of ether oxygens (including phenoxy) is 1. The molecule has 3 rings (SSSR count). The van der Waals surface area contributed by atoms with E-state index in [9.17, 15) is 14.7 Å². The van der Waals surface area contributed by atoms with E-state index in [1.54, 1.807) is 4.90 Å². The van der Waals surface area contributed by atoms with Crippen molar-refractivity contribution in [1.82, 2.24) is 4.90 Å². The molecular weight excluding hydrogens is 294 g/mol. The zero-order chi connectivity index (χ0) is 16.6. The van der Waals surface area contributed by atoms with E-state index in [2.05, 4.69) is 0 Å². The molecule has 0 radical (unpaired) electrons. The maximum Gasteiger partial charge on any atom is 0.311 e. The second kappa shape index (κ2) is 5.87. The Labute approximate surface area is 136 Å². The number of nitrogens with zero attached hydrogens (tertiary/aromatic N) is 1. The Kier molecular flexibility index (Phi) is 4.04. The molecule has 2 aliphatic rings. The fourth-order valence-corrected chi connectivity index (χ4v) is 4.25. The normalized spacial score (nSPS) is 28.9. The quantitative estimate of drug-likeness (QED) is 0.906. The number of aliphatic carboxylic acids is 1. The van der Waals surface area contributed by atoms with Gasteiger partial charge in [0, 0.05) is 12.1 Å². The van der Waals surface area contributed by atoms with Crippen LogP contribution in [0.5, 0.6) is 5.75 Å². The molecule has 1 aromatic rings. The minimum atomic E-state index is -0.777. The topological polar surface area (TPSA) is 66.8 Å². The van der Waals surface area contributed by atoms with Crippen LogP contribution < -0.4 is 4.74 Å². The van der Waals surface area contributed by atoms with Crippen LogP contribution in [0, 0.1) is 12.3 Å². The Morgan fingerprint density at radius 1 is 1.35 bits per heavy atom. The van der Waals surface area contributed by atoms with E-state index in [0.29, 0.717) is 18.6 Å². The van der Waals surface area contributed by atoms with E-state index in [0.717, 1.165) is 18.4 Å². The SMILES string of the molecule is CC[C@@]1(C(=O)O)C[C@@H]2CC[C@H]1N2C(=O)COc1ccccc1C. The summed E-state index contributed by atoms with van der Waals surface area (Å²) in [6.07, 6.45) is 2.81. The van der Waals surface area contributed by atoms with Gasteiger partial charge in [-0.05, 0) is 44.2 Å². The van der Waals surface area contributed by atoms with Gasteiger partial charge in [-0.25, -0.2) is 0 Å². The number of carboxylic acids is 1. The molecule has 0 saturated carbocycles. The summed E-state index contributed by atoms with van der Waals surface area (Å²) in [4.78, 5) is 26.2. The molecule has 0 unspecified atom stereocenters. The number of hydrogen-bond acceptors (Lipinski definition) is 3. The zero-order valence-electron chi connectivity index (χ0n) is 13.6.